The summed E-state index contributed by atoms with van der Waals surface area (Å²) in [6.07, 6.45) is 1.61. The van der Waals surface area contributed by atoms with Gasteiger partial charge in [0.1, 0.15) is 11.2 Å². The van der Waals surface area contributed by atoms with Gasteiger partial charge in [0.25, 0.3) is 5.91 Å². The highest BCUT2D eigenvalue weighted by molar-refractivity contribution is 6.04. The first-order valence-electron chi connectivity index (χ1n) is 12.1. The zero-order chi connectivity index (χ0) is 25.0. The molecule has 0 atom stereocenters. The van der Waals surface area contributed by atoms with E-state index in [2.05, 4.69) is 42.6 Å². The van der Waals surface area contributed by atoms with Crippen molar-refractivity contribution in [3.8, 4) is 11.3 Å². The van der Waals surface area contributed by atoms with Crippen LogP contribution in [-0.2, 0) is 4.74 Å². The number of amides is 1. The summed E-state index contributed by atoms with van der Waals surface area (Å²) in [5, 5.41) is 6.23. The van der Waals surface area contributed by atoms with Crippen LogP contribution in [0.15, 0.2) is 85.2 Å². The molecule has 3 N–H and O–H groups in total. The zero-order valence-corrected chi connectivity index (χ0v) is 20.0. The van der Waals surface area contributed by atoms with Crippen molar-refractivity contribution in [2.24, 2.45) is 0 Å². The van der Waals surface area contributed by atoms with E-state index in [9.17, 15) is 4.79 Å². The van der Waals surface area contributed by atoms with E-state index in [0.717, 1.165) is 54.5 Å². The van der Waals surface area contributed by atoms with E-state index in [4.69, 9.17) is 9.72 Å². The highest BCUT2D eigenvalue weighted by Crippen LogP contribution is 2.28. The molecule has 3 heterocycles. The van der Waals surface area contributed by atoms with Crippen molar-refractivity contribution in [2.45, 2.75) is 0 Å². The summed E-state index contributed by atoms with van der Waals surface area (Å²) in [5.74, 6) is 0.299. The average Bonchev–Trinajstić information content (AvgIpc) is 3.43. The maximum absolute atomic E-state index is 12.5. The van der Waals surface area contributed by atoms with Gasteiger partial charge in [-0.1, -0.05) is 30.3 Å². The van der Waals surface area contributed by atoms with Crippen molar-refractivity contribution in [3.63, 3.8) is 0 Å². The molecule has 184 valence electrons. The van der Waals surface area contributed by atoms with Gasteiger partial charge >= 0.3 is 0 Å². The number of rotatable bonds is 6. The van der Waals surface area contributed by atoms with Crippen molar-refractivity contribution in [2.75, 3.05) is 41.8 Å². The summed E-state index contributed by atoms with van der Waals surface area (Å²) in [6.45, 7) is 3.29. The molecule has 9 nitrogen and oxygen atoms in total. The van der Waals surface area contributed by atoms with Gasteiger partial charge in [-0.3, -0.25) is 4.79 Å². The lowest BCUT2D eigenvalue weighted by Gasteiger charge is -2.28. The molecule has 1 aliphatic rings. The van der Waals surface area contributed by atoms with Crippen LogP contribution in [0.2, 0.25) is 0 Å². The van der Waals surface area contributed by atoms with E-state index in [-0.39, 0.29) is 5.91 Å². The molecule has 1 saturated heterocycles. The van der Waals surface area contributed by atoms with Crippen LogP contribution >= 0.6 is 0 Å². The van der Waals surface area contributed by atoms with Gasteiger partial charge < -0.3 is 25.3 Å². The number of hydrogen-bond acceptors (Lipinski definition) is 7. The smallest absolute Gasteiger partial charge is 0.255 e. The molecule has 2 aromatic heterocycles. The fourth-order valence-corrected chi connectivity index (χ4v) is 4.31. The minimum Gasteiger partial charge on any atom is -0.378 e. The predicted octanol–water partition coefficient (Wildman–Crippen LogP) is 4.85. The third kappa shape index (κ3) is 4.98. The van der Waals surface area contributed by atoms with Gasteiger partial charge in [0, 0.05) is 41.3 Å². The first-order valence-corrected chi connectivity index (χ1v) is 12.1. The minimum absolute atomic E-state index is 0.155. The normalized spacial score (nSPS) is 13.5. The van der Waals surface area contributed by atoms with E-state index in [1.54, 1.807) is 18.5 Å². The van der Waals surface area contributed by atoms with Gasteiger partial charge in [-0.2, -0.15) is 4.98 Å². The van der Waals surface area contributed by atoms with E-state index in [1.807, 2.05) is 54.6 Å². The maximum atomic E-state index is 12.5. The third-order valence-electron chi connectivity index (χ3n) is 6.24. The lowest BCUT2D eigenvalue weighted by atomic mass is 10.1. The van der Waals surface area contributed by atoms with Gasteiger partial charge in [-0.15, -0.1) is 0 Å². The van der Waals surface area contributed by atoms with Gasteiger partial charge in [0.05, 0.1) is 19.5 Å². The van der Waals surface area contributed by atoms with Crippen molar-refractivity contribution in [1.82, 2.24) is 19.9 Å². The summed E-state index contributed by atoms with van der Waals surface area (Å²) < 4.78 is 5.44. The van der Waals surface area contributed by atoms with E-state index in [1.165, 1.54) is 0 Å². The SMILES string of the molecule is O=C(Nc1ccc(-c2nc(Nc3ccc(N4CCOCC4)cc3)nc3nc[nH]c23)cc1)c1ccccc1. The number of ether oxygens (including phenoxy) is 1. The molecule has 0 bridgehead atoms. The van der Waals surface area contributed by atoms with Crippen LogP contribution in [0.3, 0.4) is 0 Å². The number of nitrogens with one attached hydrogen (secondary N) is 3. The lowest BCUT2D eigenvalue weighted by molar-refractivity contribution is 0.102. The number of morpholine rings is 1. The second kappa shape index (κ2) is 10.1. The van der Waals surface area contributed by atoms with Crippen molar-refractivity contribution in [1.29, 1.82) is 0 Å². The van der Waals surface area contributed by atoms with Crippen LogP contribution in [0.1, 0.15) is 10.4 Å². The van der Waals surface area contributed by atoms with E-state index in [0.29, 0.717) is 22.8 Å². The molecular weight excluding hydrogens is 466 g/mol. The Morgan fingerprint density at radius 1 is 0.865 bits per heavy atom. The Morgan fingerprint density at radius 3 is 2.35 bits per heavy atom. The number of nitrogens with zero attached hydrogens (tertiary/aromatic N) is 4. The Morgan fingerprint density at radius 2 is 1.59 bits per heavy atom. The van der Waals surface area contributed by atoms with Crippen molar-refractivity contribution < 1.29 is 9.53 Å². The summed E-state index contributed by atoms with van der Waals surface area (Å²) in [6, 6.07) is 24.9. The standard InChI is InChI=1S/C28H25N7O2/c36-27(20-4-2-1-3-5-20)31-21-8-6-19(7-9-21)24-25-26(30-18-29-25)34-28(33-24)32-22-10-12-23(13-11-22)35-14-16-37-17-15-35/h1-13,18H,14-17H2,(H,31,36)(H2,29,30,32,33,34). The third-order valence-corrected chi connectivity index (χ3v) is 6.24. The van der Waals surface area contributed by atoms with Crippen LogP contribution in [0.25, 0.3) is 22.4 Å². The molecule has 9 heteroatoms. The summed E-state index contributed by atoms with van der Waals surface area (Å²) in [4.78, 5) is 31.6. The molecule has 1 amide bonds. The summed E-state index contributed by atoms with van der Waals surface area (Å²) >= 11 is 0. The van der Waals surface area contributed by atoms with Crippen LogP contribution in [0.5, 0.6) is 0 Å². The molecule has 1 fully saturated rings. The van der Waals surface area contributed by atoms with Crippen LogP contribution in [0, 0.1) is 0 Å². The fourth-order valence-electron chi connectivity index (χ4n) is 4.31. The van der Waals surface area contributed by atoms with Crippen LogP contribution in [0.4, 0.5) is 23.0 Å². The Hall–Kier alpha value is -4.76. The summed E-state index contributed by atoms with van der Waals surface area (Å²) in [5.41, 5.74) is 6.26. The fraction of sp³-hybridized carbons (Fsp3) is 0.143. The van der Waals surface area contributed by atoms with Crippen LogP contribution in [-0.4, -0.2) is 52.1 Å². The highest BCUT2D eigenvalue weighted by Gasteiger charge is 2.14. The molecule has 0 unspecified atom stereocenters. The molecule has 6 rings (SSSR count). The monoisotopic (exact) mass is 491 g/mol. The topological polar surface area (TPSA) is 108 Å². The first kappa shape index (κ1) is 22.7. The molecular formula is C28H25N7O2. The molecule has 0 saturated carbocycles. The number of aromatic nitrogens is 4. The number of aromatic amines is 1. The number of carbonyl (C=O) groups excluding carboxylic acids is 1. The minimum atomic E-state index is -0.155. The van der Waals surface area contributed by atoms with Crippen molar-refractivity contribution >= 4 is 40.1 Å². The summed E-state index contributed by atoms with van der Waals surface area (Å²) in [7, 11) is 0. The number of H-pyrrole nitrogens is 1. The van der Waals surface area contributed by atoms with E-state index >= 15 is 0 Å². The lowest BCUT2D eigenvalue weighted by Crippen LogP contribution is -2.36. The number of benzene rings is 3. The Bertz CT molecular complexity index is 1510. The second-order valence-corrected chi connectivity index (χ2v) is 8.67. The molecule has 37 heavy (non-hydrogen) atoms. The molecule has 0 aliphatic carbocycles. The highest BCUT2D eigenvalue weighted by atomic mass is 16.5. The van der Waals surface area contributed by atoms with Gasteiger partial charge in [-0.05, 0) is 48.5 Å². The largest absolute Gasteiger partial charge is 0.378 e. The number of carbonyl (C=O) groups is 1. The number of fused-ring (bicyclic) bond motifs is 1. The first-order chi connectivity index (χ1) is 18.2. The van der Waals surface area contributed by atoms with Crippen LogP contribution < -0.4 is 15.5 Å². The Balaban J connectivity index is 1.22. The van der Waals surface area contributed by atoms with E-state index < -0.39 is 0 Å². The molecule has 0 radical (unpaired) electrons. The predicted molar refractivity (Wildman–Crippen MR) is 144 cm³/mol. The molecule has 5 aromatic rings. The maximum Gasteiger partial charge on any atom is 0.255 e. The number of hydrogen-bond donors (Lipinski definition) is 3. The quantitative estimate of drug-likeness (QED) is 0.312. The average molecular weight is 492 g/mol. The van der Waals surface area contributed by atoms with Gasteiger partial charge in [-0.25, -0.2) is 9.97 Å². The number of imidazole rings is 1. The Kier molecular flexibility index (Phi) is 6.18. The zero-order valence-electron chi connectivity index (χ0n) is 20.0. The molecule has 3 aromatic carbocycles. The van der Waals surface area contributed by atoms with Gasteiger partial charge in [0.15, 0.2) is 5.65 Å². The second-order valence-electron chi connectivity index (χ2n) is 8.67. The van der Waals surface area contributed by atoms with Crippen molar-refractivity contribution in [3.05, 3.63) is 90.8 Å². The number of anilines is 4. The Labute approximate surface area is 213 Å². The molecule has 1 aliphatic heterocycles. The van der Waals surface area contributed by atoms with Gasteiger partial charge in [0.2, 0.25) is 5.95 Å². The molecule has 0 spiro atoms.